The van der Waals surface area contributed by atoms with Crippen LogP contribution in [0.1, 0.15) is 31.9 Å². The van der Waals surface area contributed by atoms with Gasteiger partial charge in [0.05, 0.1) is 11.4 Å². The highest BCUT2D eigenvalue weighted by molar-refractivity contribution is 7.89. The van der Waals surface area contributed by atoms with Gasteiger partial charge < -0.3 is 10.1 Å². The fraction of sp³-hybridized carbons (Fsp3) is 0.240. The number of halogens is 1. The standard InChI is InChI=1S/C25H25ClN4O4S/c1-25(2,3)34-24(31)27-15-18-10-7-11-19(14-18)21-20-12-13-30(22(20)29-23(26)28-21)35(32,33)16-17-8-5-4-6-9-17/h4-14H,15-16H2,1-3H3,(H,27,31). The van der Waals surface area contributed by atoms with Crippen LogP contribution in [0.15, 0.2) is 66.9 Å². The number of nitrogens with one attached hydrogen (secondary N) is 1. The highest BCUT2D eigenvalue weighted by Gasteiger charge is 2.21. The summed E-state index contributed by atoms with van der Waals surface area (Å²) in [4.78, 5) is 20.6. The number of hydrogen-bond donors (Lipinski definition) is 1. The van der Waals surface area contributed by atoms with Gasteiger partial charge in [-0.2, -0.15) is 4.98 Å². The smallest absolute Gasteiger partial charge is 0.407 e. The van der Waals surface area contributed by atoms with Crippen molar-refractivity contribution >= 4 is 38.8 Å². The Bertz CT molecular complexity index is 1480. The molecule has 4 aromatic rings. The van der Waals surface area contributed by atoms with Gasteiger partial charge in [0.15, 0.2) is 5.65 Å². The maximum Gasteiger partial charge on any atom is 0.407 e. The van der Waals surface area contributed by atoms with Crippen LogP contribution < -0.4 is 5.32 Å². The molecule has 182 valence electrons. The second-order valence-electron chi connectivity index (χ2n) is 8.99. The summed E-state index contributed by atoms with van der Waals surface area (Å²) in [5.41, 5.74) is 2.29. The van der Waals surface area contributed by atoms with E-state index in [0.717, 1.165) is 9.54 Å². The zero-order valence-electron chi connectivity index (χ0n) is 19.5. The molecule has 0 spiro atoms. The van der Waals surface area contributed by atoms with Gasteiger partial charge in [-0.1, -0.05) is 48.5 Å². The number of ether oxygens (including phenoxy) is 1. The maximum absolute atomic E-state index is 13.1. The van der Waals surface area contributed by atoms with Crippen LogP contribution in [0.5, 0.6) is 0 Å². The van der Waals surface area contributed by atoms with Gasteiger partial charge in [0.1, 0.15) is 5.60 Å². The third-order valence-corrected chi connectivity index (χ3v) is 6.77. The Morgan fingerprint density at radius 2 is 1.74 bits per heavy atom. The molecule has 4 rings (SSSR count). The first kappa shape index (κ1) is 24.7. The van der Waals surface area contributed by atoms with E-state index < -0.39 is 21.7 Å². The highest BCUT2D eigenvalue weighted by atomic mass is 35.5. The fourth-order valence-corrected chi connectivity index (χ4v) is 5.15. The summed E-state index contributed by atoms with van der Waals surface area (Å²) in [7, 11) is -3.75. The normalized spacial score (nSPS) is 12.0. The van der Waals surface area contributed by atoms with E-state index >= 15 is 0 Å². The molecular weight excluding hydrogens is 488 g/mol. The maximum atomic E-state index is 13.1. The van der Waals surface area contributed by atoms with Gasteiger partial charge in [-0.05, 0) is 55.6 Å². The van der Waals surface area contributed by atoms with Crippen LogP contribution in [0, 0.1) is 0 Å². The number of nitrogens with zero attached hydrogens (tertiary/aromatic N) is 3. The van der Waals surface area contributed by atoms with Gasteiger partial charge in [0.25, 0.3) is 0 Å². The molecule has 8 nitrogen and oxygen atoms in total. The second kappa shape index (κ2) is 9.67. The first-order chi connectivity index (χ1) is 16.5. The quantitative estimate of drug-likeness (QED) is 0.358. The van der Waals surface area contributed by atoms with Crippen molar-refractivity contribution in [1.29, 1.82) is 0 Å². The lowest BCUT2D eigenvalue weighted by atomic mass is 10.1. The van der Waals surface area contributed by atoms with E-state index in [2.05, 4.69) is 15.3 Å². The molecule has 0 aliphatic rings. The molecule has 0 atom stereocenters. The van der Waals surface area contributed by atoms with Crippen LogP contribution in [0.25, 0.3) is 22.3 Å². The summed E-state index contributed by atoms with van der Waals surface area (Å²) in [6.45, 7) is 5.63. The van der Waals surface area contributed by atoms with Crippen molar-refractivity contribution < 1.29 is 17.9 Å². The number of rotatable bonds is 6. The number of carbonyl (C=O) groups is 1. The predicted octanol–water partition coefficient (Wildman–Crippen LogP) is 5.15. The van der Waals surface area contributed by atoms with Gasteiger partial charge in [0.2, 0.25) is 15.3 Å². The molecule has 0 saturated heterocycles. The van der Waals surface area contributed by atoms with E-state index in [1.807, 2.05) is 30.3 Å². The molecule has 0 saturated carbocycles. The van der Waals surface area contributed by atoms with Crippen molar-refractivity contribution in [3.05, 3.63) is 83.3 Å². The molecule has 0 fully saturated rings. The molecule has 0 aliphatic carbocycles. The number of amides is 1. The van der Waals surface area contributed by atoms with Gasteiger partial charge in [-0.3, -0.25) is 0 Å². The Morgan fingerprint density at radius 1 is 1.03 bits per heavy atom. The highest BCUT2D eigenvalue weighted by Crippen LogP contribution is 2.30. The van der Waals surface area contributed by atoms with Crippen molar-refractivity contribution in [3.63, 3.8) is 0 Å². The Kier molecular flexibility index (Phi) is 6.82. The van der Waals surface area contributed by atoms with Gasteiger partial charge >= 0.3 is 6.09 Å². The van der Waals surface area contributed by atoms with Crippen molar-refractivity contribution in [1.82, 2.24) is 19.3 Å². The SMILES string of the molecule is CC(C)(C)OC(=O)NCc1cccc(-c2nc(Cl)nc3c2ccn3S(=O)(=O)Cc2ccccc2)c1. The van der Waals surface area contributed by atoms with Crippen LogP contribution in [0.4, 0.5) is 4.79 Å². The topological polar surface area (TPSA) is 103 Å². The number of carbonyl (C=O) groups excluding carboxylic acids is 1. The summed E-state index contributed by atoms with van der Waals surface area (Å²) in [6.07, 6.45) is 0.946. The van der Waals surface area contributed by atoms with Crippen LogP contribution in [-0.4, -0.2) is 34.1 Å². The third kappa shape index (κ3) is 5.98. The van der Waals surface area contributed by atoms with E-state index in [-0.39, 0.29) is 23.2 Å². The van der Waals surface area contributed by atoms with Crippen molar-refractivity contribution in [3.8, 4) is 11.3 Å². The van der Waals surface area contributed by atoms with Crippen molar-refractivity contribution in [2.45, 2.75) is 38.7 Å². The molecule has 10 heteroatoms. The molecule has 1 amide bonds. The lowest BCUT2D eigenvalue weighted by molar-refractivity contribution is 0.0523. The number of aromatic nitrogens is 3. The van der Waals surface area contributed by atoms with E-state index in [0.29, 0.717) is 22.2 Å². The average Bonchev–Trinajstić information content (AvgIpc) is 3.21. The first-order valence-corrected chi connectivity index (χ1v) is 12.9. The van der Waals surface area contributed by atoms with Gasteiger partial charge in [-0.15, -0.1) is 0 Å². The molecule has 2 heterocycles. The Morgan fingerprint density at radius 3 is 2.46 bits per heavy atom. The molecule has 1 N–H and O–H groups in total. The summed E-state index contributed by atoms with van der Waals surface area (Å²) >= 11 is 6.21. The Balaban J connectivity index is 1.65. The number of hydrogen-bond acceptors (Lipinski definition) is 6. The minimum atomic E-state index is -3.75. The third-order valence-electron chi connectivity index (χ3n) is 5.01. The molecule has 2 aromatic carbocycles. The minimum Gasteiger partial charge on any atom is -0.444 e. The molecule has 0 radical (unpaired) electrons. The first-order valence-electron chi connectivity index (χ1n) is 10.9. The average molecular weight is 513 g/mol. The molecule has 0 aliphatic heterocycles. The number of fused-ring (bicyclic) bond motifs is 1. The monoisotopic (exact) mass is 512 g/mol. The molecular formula is C25H25ClN4O4S. The minimum absolute atomic E-state index is 0.0698. The second-order valence-corrected chi connectivity index (χ2v) is 11.2. The largest absolute Gasteiger partial charge is 0.444 e. The van der Waals surface area contributed by atoms with E-state index in [1.54, 1.807) is 51.1 Å². The Labute approximate surface area is 209 Å². The summed E-state index contributed by atoms with van der Waals surface area (Å²) < 4.78 is 32.7. The lowest BCUT2D eigenvalue weighted by Gasteiger charge is -2.19. The summed E-state index contributed by atoms with van der Waals surface area (Å²) in [6, 6.07) is 18.0. The van der Waals surface area contributed by atoms with E-state index in [1.165, 1.54) is 6.20 Å². The van der Waals surface area contributed by atoms with Gasteiger partial charge in [-0.25, -0.2) is 22.2 Å². The zero-order valence-corrected chi connectivity index (χ0v) is 21.1. The predicted molar refractivity (Wildman–Crippen MR) is 136 cm³/mol. The molecule has 2 aromatic heterocycles. The van der Waals surface area contributed by atoms with Crippen molar-refractivity contribution in [2.24, 2.45) is 0 Å². The molecule has 0 unspecified atom stereocenters. The van der Waals surface area contributed by atoms with E-state index in [9.17, 15) is 13.2 Å². The van der Waals surface area contributed by atoms with Crippen LogP contribution in [-0.2, 0) is 27.1 Å². The van der Waals surface area contributed by atoms with Crippen molar-refractivity contribution in [2.75, 3.05) is 0 Å². The van der Waals surface area contributed by atoms with Crippen LogP contribution >= 0.6 is 11.6 Å². The molecule has 0 bridgehead atoms. The Hall–Kier alpha value is -3.43. The zero-order chi connectivity index (χ0) is 25.2. The van der Waals surface area contributed by atoms with Gasteiger partial charge in [0, 0.05) is 23.7 Å². The van der Waals surface area contributed by atoms with Crippen LogP contribution in [0.3, 0.4) is 0 Å². The number of benzene rings is 2. The van der Waals surface area contributed by atoms with E-state index in [4.69, 9.17) is 16.3 Å². The summed E-state index contributed by atoms with van der Waals surface area (Å²) in [5, 5.41) is 3.20. The fourth-order valence-electron chi connectivity index (χ4n) is 3.58. The lowest BCUT2D eigenvalue weighted by Crippen LogP contribution is -2.32. The molecule has 35 heavy (non-hydrogen) atoms. The van der Waals surface area contributed by atoms with Crippen LogP contribution in [0.2, 0.25) is 5.28 Å². The number of alkyl carbamates (subject to hydrolysis) is 1. The summed E-state index contributed by atoms with van der Waals surface area (Å²) in [5.74, 6) is -0.180.